The molecule has 4 rings (SSSR count). The molecule has 0 bridgehead atoms. The zero-order valence-corrected chi connectivity index (χ0v) is 25.3. The van der Waals surface area contributed by atoms with E-state index < -0.39 is 0 Å². The number of rotatable bonds is 7. The van der Waals surface area contributed by atoms with E-state index in [9.17, 15) is 9.59 Å². The first kappa shape index (κ1) is 31.0. The highest BCUT2D eigenvalue weighted by Gasteiger charge is 2.28. The Balaban J connectivity index is 1.57. The maximum atomic E-state index is 13.6. The number of amides is 3. The molecule has 0 saturated heterocycles. The standard InChI is InChI=1S/C33H43N5O4/c1-6-16-35-33(40)36-27-14-15-30-28(18-27)32(39)37(4)21-31(41-5)23(2)19-38(24(3)22-42-30)20-25-10-12-26(13-11-25)29-9-7-8-17-34-29/h7-15,17-18,23-24,31H,6,16,19-22H2,1-5H3,(H2,35,36,40)/t23-,24+,31+/m0/s1. The van der Waals surface area contributed by atoms with Crippen LogP contribution in [0.1, 0.15) is 43.1 Å². The van der Waals surface area contributed by atoms with Gasteiger partial charge >= 0.3 is 6.03 Å². The van der Waals surface area contributed by atoms with Crippen LogP contribution in [0.5, 0.6) is 5.75 Å². The Kier molecular flexibility index (Phi) is 10.9. The Morgan fingerprint density at radius 3 is 2.57 bits per heavy atom. The summed E-state index contributed by atoms with van der Waals surface area (Å²) in [5.41, 5.74) is 4.15. The second-order valence-electron chi connectivity index (χ2n) is 11.0. The van der Waals surface area contributed by atoms with Crippen molar-refractivity contribution in [3.8, 4) is 17.0 Å². The van der Waals surface area contributed by atoms with Crippen LogP contribution in [0.2, 0.25) is 0 Å². The van der Waals surface area contributed by atoms with Gasteiger partial charge in [-0.3, -0.25) is 14.7 Å². The molecule has 0 fully saturated rings. The van der Waals surface area contributed by atoms with Gasteiger partial charge in [-0.05, 0) is 55.2 Å². The van der Waals surface area contributed by atoms with Crippen molar-refractivity contribution in [3.63, 3.8) is 0 Å². The molecule has 2 N–H and O–H groups in total. The number of pyridine rings is 1. The van der Waals surface area contributed by atoms with Crippen molar-refractivity contribution in [2.75, 3.05) is 45.7 Å². The van der Waals surface area contributed by atoms with E-state index in [1.54, 1.807) is 43.5 Å². The molecule has 0 saturated carbocycles. The van der Waals surface area contributed by atoms with E-state index in [-0.39, 0.29) is 30.0 Å². The van der Waals surface area contributed by atoms with Crippen molar-refractivity contribution in [1.82, 2.24) is 20.1 Å². The zero-order valence-electron chi connectivity index (χ0n) is 25.3. The highest BCUT2D eigenvalue weighted by molar-refractivity contribution is 5.99. The minimum atomic E-state index is -0.308. The van der Waals surface area contributed by atoms with E-state index in [4.69, 9.17) is 9.47 Å². The molecule has 2 heterocycles. The third-order valence-corrected chi connectivity index (χ3v) is 7.67. The quantitative estimate of drug-likeness (QED) is 0.399. The Labute approximate surface area is 249 Å². The number of aromatic nitrogens is 1. The topological polar surface area (TPSA) is 96.0 Å². The highest BCUT2D eigenvalue weighted by atomic mass is 16.5. The molecule has 1 aliphatic rings. The van der Waals surface area contributed by atoms with Gasteiger partial charge in [0, 0.05) is 63.8 Å². The van der Waals surface area contributed by atoms with Crippen molar-refractivity contribution in [2.45, 2.75) is 45.9 Å². The number of ether oxygens (including phenoxy) is 2. The van der Waals surface area contributed by atoms with Gasteiger partial charge in [0.25, 0.3) is 5.91 Å². The predicted octanol–water partition coefficient (Wildman–Crippen LogP) is 5.29. The second-order valence-corrected chi connectivity index (χ2v) is 11.0. The molecule has 0 spiro atoms. The first-order chi connectivity index (χ1) is 20.3. The molecular weight excluding hydrogens is 530 g/mol. The number of carbonyl (C=O) groups excluding carboxylic acids is 2. The summed E-state index contributed by atoms with van der Waals surface area (Å²) < 4.78 is 12.2. The molecule has 0 aliphatic carbocycles. The van der Waals surface area contributed by atoms with Gasteiger partial charge in [0.2, 0.25) is 0 Å². The monoisotopic (exact) mass is 573 g/mol. The SMILES string of the molecule is CCCNC(=O)Nc1ccc2c(c1)C(=O)N(C)C[C@@H](OC)[C@@H](C)CN(Cc1ccc(-c3ccccn3)cc1)[C@H](C)CO2. The number of nitrogens with zero attached hydrogens (tertiary/aromatic N) is 3. The van der Waals surface area contributed by atoms with Gasteiger partial charge < -0.3 is 25.0 Å². The Morgan fingerprint density at radius 1 is 1.10 bits per heavy atom. The Hall–Kier alpha value is -3.95. The average molecular weight is 574 g/mol. The van der Waals surface area contributed by atoms with Crippen LogP contribution in [0, 0.1) is 5.92 Å². The molecule has 3 amide bonds. The molecular formula is C33H43N5O4. The third kappa shape index (κ3) is 8.08. The Morgan fingerprint density at radius 2 is 1.88 bits per heavy atom. The first-order valence-electron chi connectivity index (χ1n) is 14.6. The van der Waals surface area contributed by atoms with E-state index in [1.165, 1.54) is 5.56 Å². The van der Waals surface area contributed by atoms with Crippen molar-refractivity contribution < 1.29 is 19.1 Å². The van der Waals surface area contributed by atoms with Crippen LogP contribution in [-0.2, 0) is 11.3 Å². The van der Waals surface area contributed by atoms with Crippen LogP contribution in [-0.4, -0.2) is 79.3 Å². The Bertz CT molecular complexity index is 1320. The van der Waals surface area contributed by atoms with Crippen LogP contribution >= 0.6 is 0 Å². The lowest BCUT2D eigenvalue weighted by Crippen LogP contribution is -2.46. The molecule has 1 aromatic heterocycles. The third-order valence-electron chi connectivity index (χ3n) is 7.67. The van der Waals surface area contributed by atoms with Crippen molar-refractivity contribution >= 4 is 17.6 Å². The average Bonchev–Trinajstić information content (AvgIpc) is 3.01. The van der Waals surface area contributed by atoms with E-state index in [0.717, 1.165) is 30.8 Å². The molecule has 0 unspecified atom stereocenters. The number of fused-ring (bicyclic) bond motifs is 1. The van der Waals surface area contributed by atoms with Crippen molar-refractivity contribution in [2.24, 2.45) is 5.92 Å². The normalized spacial score (nSPS) is 20.1. The minimum Gasteiger partial charge on any atom is -0.491 e. The zero-order chi connectivity index (χ0) is 30.1. The van der Waals surface area contributed by atoms with Gasteiger partial charge in [0.05, 0.1) is 17.4 Å². The maximum absolute atomic E-state index is 13.6. The number of urea groups is 1. The second kappa shape index (κ2) is 14.8. The van der Waals surface area contributed by atoms with Gasteiger partial charge in [-0.25, -0.2) is 4.79 Å². The van der Waals surface area contributed by atoms with Crippen LogP contribution in [0.4, 0.5) is 10.5 Å². The van der Waals surface area contributed by atoms with Gasteiger partial charge in [0.1, 0.15) is 12.4 Å². The first-order valence-corrected chi connectivity index (χ1v) is 14.6. The van der Waals surface area contributed by atoms with Crippen LogP contribution in [0.3, 0.4) is 0 Å². The molecule has 1 aliphatic heterocycles. The summed E-state index contributed by atoms with van der Waals surface area (Å²) in [4.78, 5) is 34.4. The maximum Gasteiger partial charge on any atom is 0.319 e. The number of carbonyl (C=O) groups is 2. The van der Waals surface area contributed by atoms with Crippen molar-refractivity contribution in [3.05, 3.63) is 78.0 Å². The van der Waals surface area contributed by atoms with Gasteiger partial charge in [-0.2, -0.15) is 0 Å². The number of likely N-dealkylation sites (N-methyl/N-ethyl adjacent to an activating group) is 1. The number of hydrogen-bond donors (Lipinski definition) is 2. The summed E-state index contributed by atoms with van der Waals surface area (Å²) in [6.45, 7) is 9.19. The molecule has 3 atom stereocenters. The summed E-state index contributed by atoms with van der Waals surface area (Å²) in [6, 6.07) is 19.4. The fourth-order valence-electron chi connectivity index (χ4n) is 5.11. The molecule has 42 heavy (non-hydrogen) atoms. The van der Waals surface area contributed by atoms with Gasteiger partial charge in [-0.15, -0.1) is 0 Å². The lowest BCUT2D eigenvalue weighted by molar-refractivity contribution is 0.00922. The molecule has 9 nitrogen and oxygen atoms in total. The van der Waals surface area contributed by atoms with E-state index in [2.05, 4.69) is 58.6 Å². The van der Waals surface area contributed by atoms with E-state index in [0.29, 0.717) is 36.7 Å². The van der Waals surface area contributed by atoms with E-state index >= 15 is 0 Å². The lowest BCUT2D eigenvalue weighted by Gasteiger charge is -2.36. The van der Waals surface area contributed by atoms with Crippen molar-refractivity contribution in [1.29, 1.82) is 0 Å². The minimum absolute atomic E-state index is 0.0538. The lowest BCUT2D eigenvalue weighted by atomic mass is 10.0. The molecule has 0 radical (unpaired) electrons. The van der Waals surface area contributed by atoms with Gasteiger partial charge in [-0.1, -0.05) is 44.2 Å². The fourth-order valence-corrected chi connectivity index (χ4v) is 5.11. The molecule has 9 heteroatoms. The number of methoxy groups -OCH3 is 1. The summed E-state index contributed by atoms with van der Waals surface area (Å²) >= 11 is 0. The number of anilines is 1. The number of nitrogens with one attached hydrogen (secondary N) is 2. The predicted molar refractivity (Wildman–Crippen MR) is 166 cm³/mol. The molecule has 224 valence electrons. The number of benzene rings is 2. The summed E-state index contributed by atoms with van der Waals surface area (Å²) in [5.74, 6) is 0.449. The fraction of sp³-hybridized carbons (Fsp3) is 0.424. The van der Waals surface area contributed by atoms with E-state index in [1.807, 2.05) is 25.1 Å². The summed E-state index contributed by atoms with van der Waals surface area (Å²) in [6.07, 6.45) is 2.48. The molecule has 3 aromatic rings. The largest absolute Gasteiger partial charge is 0.491 e. The summed E-state index contributed by atoms with van der Waals surface area (Å²) in [7, 11) is 3.47. The number of hydrogen-bond acceptors (Lipinski definition) is 6. The molecule has 2 aromatic carbocycles. The smallest absolute Gasteiger partial charge is 0.319 e. The van der Waals surface area contributed by atoms with Gasteiger partial charge in [0.15, 0.2) is 0 Å². The summed E-state index contributed by atoms with van der Waals surface area (Å²) in [5, 5.41) is 5.61. The highest BCUT2D eigenvalue weighted by Crippen LogP contribution is 2.27. The van der Waals surface area contributed by atoms with Crippen LogP contribution < -0.4 is 15.4 Å². The van der Waals surface area contributed by atoms with Crippen LogP contribution in [0.15, 0.2) is 66.9 Å². The van der Waals surface area contributed by atoms with Crippen LogP contribution in [0.25, 0.3) is 11.3 Å².